The van der Waals surface area contributed by atoms with Gasteiger partial charge in [-0.25, -0.2) is 5.43 Å². The van der Waals surface area contributed by atoms with Crippen LogP contribution in [0.5, 0.6) is 5.75 Å². The molecule has 0 bridgehead atoms. The number of carbonyl (C=O) groups excluding carboxylic acids is 1. The van der Waals surface area contributed by atoms with Gasteiger partial charge < -0.3 is 4.74 Å². The Morgan fingerprint density at radius 2 is 2.09 bits per heavy atom. The third-order valence-corrected chi connectivity index (χ3v) is 3.42. The summed E-state index contributed by atoms with van der Waals surface area (Å²) in [6, 6.07) is 7.53. The summed E-state index contributed by atoms with van der Waals surface area (Å²) in [5.74, 6) is 0.344. The van der Waals surface area contributed by atoms with Gasteiger partial charge in [0.15, 0.2) is 6.61 Å². The molecule has 0 atom stereocenters. The minimum absolute atomic E-state index is 0.101. The molecule has 0 fully saturated rings. The molecule has 0 radical (unpaired) electrons. The zero-order valence-corrected chi connectivity index (χ0v) is 13.9. The molecule has 0 aliphatic rings. The number of pyridine rings is 1. The fourth-order valence-corrected chi connectivity index (χ4v) is 2.67. The summed E-state index contributed by atoms with van der Waals surface area (Å²) in [5.41, 5.74) is 5.38. The lowest BCUT2D eigenvalue weighted by molar-refractivity contribution is -0.123. The summed E-state index contributed by atoms with van der Waals surface area (Å²) in [6.45, 7) is 3.84. The van der Waals surface area contributed by atoms with E-state index < -0.39 is 0 Å². The molecule has 1 amide bonds. The van der Waals surface area contributed by atoms with Gasteiger partial charge in [-0.15, -0.1) is 0 Å². The SMILES string of the molecule is Cc1cc(C)c(OCC(=O)NN=Cc2ccncc2)c(Br)c1. The Morgan fingerprint density at radius 1 is 1.36 bits per heavy atom. The van der Waals surface area contributed by atoms with Crippen LogP contribution in [0.4, 0.5) is 0 Å². The van der Waals surface area contributed by atoms with Crippen LogP contribution in [0.15, 0.2) is 46.2 Å². The molecule has 6 heteroatoms. The molecular weight excluding hydrogens is 346 g/mol. The molecule has 2 rings (SSSR count). The van der Waals surface area contributed by atoms with E-state index in [1.54, 1.807) is 30.7 Å². The van der Waals surface area contributed by atoms with Gasteiger partial charge in [0.25, 0.3) is 5.91 Å². The van der Waals surface area contributed by atoms with Gasteiger partial charge in [0.2, 0.25) is 0 Å². The Morgan fingerprint density at radius 3 is 2.77 bits per heavy atom. The van der Waals surface area contributed by atoms with Crippen molar-refractivity contribution in [3.63, 3.8) is 0 Å². The van der Waals surface area contributed by atoms with Crippen molar-refractivity contribution in [3.8, 4) is 5.75 Å². The molecular formula is C16H16BrN3O2. The maximum Gasteiger partial charge on any atom is 0.277 e. The molecule has 22 heavy (non-hydrogen) atoms. The van der Waals surface area contributed by atoms with Crippen molar-refractivity contribution < 1.29 is 9.53 Å². The van der Waals surface area contributed by atoms with E-state index in [2.05, 4.69) is 31.4 Å². The predicted molar refractivity (Wildman–Crippen MR) is 89.1 cm³/mol. The van der Waals surface area contributed by atoms with Crippen LogP contribution in [0.1, 0.15) is 16.7 Å². The number of hydrogen-bond donors (Lipinski definition) is 1. The first-order valence-electron chi connectivity index (χ1n) is 6.68. The van der Waals surface area contributed by atoms with E-state index in [9.17, 15) is 4.79 Å². The molecule has 1 heterocycles. The smallest absolute Gasteiger partial charge is 0.277 e. The molecule has 0 saturated heterocycles. The van der Waals surface area contributed by atoms with Crippen LogP contribution >= 0.6 is 15.9 Å². The number of amides is 1. The average Bonchev–Trinajstić information content (AvgIpc) is 2.47. The molecule has 0 aliphatic carbocycles. The molecule has 1 aromatic carbocycles. The number of rotatable bonds is 5. The van der Waals surface area contributed by atoms with Crippen LogP contribution in [0.25, 0.3) is 0 Å². The van der Waals surface area contributed by atoms with Crippen LogP contribution < -0.4 is 10.2 Å². The highest BCUT2D eigenvalue weighted by Gasteiger charge is 2.08. The average molecular weight is 362 g/mol. The third kappa shape index (κ3) is 4.66. The highest BCUT2D eigenvalue weighted by atomic mass is 79.9. The fraction of sp³-hybridized carbons (Fsp3) is 0.188. The Hall–Kier alpha value is -2.21. The molecule has 2 aromatic rings. The molecule has 0 unspecified atom stereocenters. The van der Waals surface area contributed by atoms with Crippen molar-refractivity contribution in [1.29, 1.82) is 0 Å². The number of ether oxygens (including phenoxy) is 1. The summed E-state index contributed by atoms with van der Waals surface area (Å²) in [5, 5.41) is 3.87. The third-order valence-electron chi connectivity index (χ3n) is 2.83. The summed E-state index contributed by atoms with van der Waals surface area (Å²) < 4.78 is 6.38. The minimum Gasteiger partial charge on any atom is -0.482 e. The van der Waals surface area contributed by atoms with Crippen molar-refractivity contribution in [2.24, 2.45) is 5.10 Å². The molecule has 0 saturated carbocycles. The van der Waals surface area contributed by atoms with Gasteiger partial charge in [-0.2, -0.15) is 5.10 Å². The van der Waals surface area contributed by atoms with Gasteiger partial charge >= 0.3 is 0 Å². The van der Waals surface area contributed by atoms with E-state index in [4.69, 9.17) is 4.74 Å². The number of halogens is 1. The molecule has 5 nitrogen and oxygen atoms in total. The van der Waals surface area contributed by atoms with Gasteiger partial charge in [0.05, 0.1) is 10.7 Å². The van der Waals surface area contributed by atoms with E-state index >= 15 is 0 Å². The highest BCUT2D eigenvalue weighted by molar-refractivity contribution is 9.10. The molecule has 0 spiro atoms. The first-order chi connectivity index (χ1) is 10.6. The van der Waals surface area contributed by atoms with Gasteiger partial charge in [0, 0.05) is 12.4 Å². The van der Waals surface area contributed by atoms with Crippen LogP contribution in [0.2, 0.25) is 0 Å². The normalized spacial score (nSPS) is 10.7. The van der Waals surface area contributed by atoms with Crippen molar-refractivity contribution in [2.45, 2.75) is 13.8 Å². The van der Waals surface area contributed by atoms with E-state index in [1.165, 1.54) is 0 Å². The van der Waals surface area contributed by atoms with E-state index in [0.717, 1.165) is 21.2 Å². The Labute approximate surface area is 137 Å². The fourth-order valence-electron chi connectivity index (χ4n) is 1.88. The minimum atomic E-state index is -0.322. The molecule has 0 aliphatic heterocycles. The molecule has 1 aromatic heterocycles. The van der Waals surface area contributed by atoms with E-state index in [1.807, 2.05) is 26.0 Å². The van der Waals surface area contributed by atoms with Crippen molar-refractivity contribution in [2.75, 3.05) is 6.61 Å². The van der Waals surface area contributed by atoms with E-state index in [0.29, 0.717) is 5.75 Å². The standard InChI is InChI=1S/C16H16BrN3O2/c1-11-7-12(2)16(14(17)8-11)22-10-15(21)20-19-9-13-3-5-18-6-4-13/h3-9H,10H2,1-2H3,(H,20,21). The zero-order valence-electron chi connectivity index (χ0n) is 12.3. The lowest BCUT2D eigenvalue weighted by Crippen LogP contribution is -2.24. The number of benzene rings is 1. The second-order valence-electron chi connectivity index (χ2n) is 4.76. The van der Waals surface area contributed by atoms with Gasteiger partial charge in [0.1, 0.15) is 5.75 Å². The first-order valence-corrected chi connectivity index (χ1v) is 7.47. The monoisotopic (exact) mass is 361 g/mol. The number of carbonyl (C=O) groups is 1. The van der Waals surface area contributed by atoms with E-state index in [-0.39, 0.29) is 12.5 Å². The topological polar surface area (TPSA) is 63.6 Å². The van der Waals surface area contributed by atoms with Crippen molar-refractivity contribution >= 4 is 28.1 Å². The maximum absolute atomic E-state index is 11.7. The van der Waals surface area contributed by atoms with Gasteiger partial charge in [-0.3, -0.25) is 9.78 Å². The van der Waals surface area contributed by atoms with Crippen molar-refractivity contribution in [1.82, 2.24) is 10.4 Å². The number of nitrogens with zero attached hydrogens (tertiary/aromatic N) is 2. The van der Waals surface area contributed by atoms with Crippen LogP contribution in [-0.4, -0.2) is 23.7 Å². The number of hydrazone groups is 1. The molecule has 1 N–H and O–H groups in total. The summed E-state index contributed by atoms with van der Waals surface area (Å²) in [7, 11) is 0. The summed E-state index contributed by atoms with van der Waals surface area (Å²) in [6.07, 6.45) is 4.86. The Kier molecular flexibility index (Phi) is 5.66. The predicted octanol–water partition coefficient (Wildman–Crippen LogP) is 2.99. The summed E-state index contributed by atoms with van der Waals surface area (Å²) in [4.78, 5) is 15.6. The second-order valence-corrected chi connectivity index (χ2v) is 5.61. The van der Waals surface area contributed by atoms with Crippen molar-refractivity contribution in [3.05, 3.63) is 57.8 Å². The number of aryl methyl sites for hydroxylation is 2. The maximum atomic E-state index is 11.7. The number of aromatic nitrogens is 1. The quantitative estimate of drug-likeness (QED) is 0.657. The zero-order chi connectivity index (χ0) is 15.9. The summed E-state index contributed by atoms with van der Waals surface area (Å²) >= 11 is 3.44. The lowest BCUT2D eigenvalue weighted by atomic mass is 10.1. The lowest BCUT2D eigenvalue weighted by Gasteiger charge is -2.11. The first kappa shape index (κ1) is 16.2. The Bertz CT molecular complexity index is 664. The largest absolute Gasteiger partial charge is 0.482 e. The van der Waals surface area contributed by atoms with Gasteiger partial charge in [-0.1, -0.05) is 6.07 Å². The Balaban J connectivity index is 1.87. The van der Waals surface area contributed by atoms with Crippen LogP contribution in [-0.2, 0) is 4.79 Å². The molecule has 114 valence electrons. The van der Waals surface area contributed by atoms with Crippen LogP contribution in [0.3, 0.4) is 0 Å². The highest BCUT2D eigenvalue weighted by Crippen LogP contribution is 2.29. The van der Waals surface area contributed by atoms with Gasteiger partial charge in [-0.05, 0) is 64.7 Å². The van der Waals surface area contributed by atoms with Crippen LogP contribution in [0, 0.1) is 13.8 Å². The number of nitrogens with one attached hydrogen (secondary N) is 1. The second kappa shape index (κ2) is 7.70. The number of hydrogen-bond acceptors (Lipinski definition) is 4.